The Morgan fingerprint density at radius 3 is 2.38 bits per heavy atom. The topological polar surface area (TPSA) is 125 Å². The van der Waals surface area contributed by atoms with E-state index in [-0.39, 0.29) is 47.9 Å². The zero-order valence-corrected chi connectivity index (χ0v) is 31.1. The van der Waals surface area contributed by atoms with Gasteiger partial charge in [0.2, 0.25) is 11.8 Å². The van der Waals surface area contributed by atoms with Crippen LogP contribution in [0.4, 0.5) is 4.39 Å². The Hall–Kier alpha value is -3.65. The second-order valence-electron chi connectivity index (χ2n) is 14.4. The molecule has 2 saturated heterocycles. The number of morpholine rings is 1. The standard InChI is InChI=1S/C39H52FN7O4.ClH/c1-27(2)43-37(48)26-46-14-12-45(13-15-46)24-28-6-11-35(30(20-28)25-47-16-18-50-19-17-47)29-4-3-5-34(21-29)51-39-36(22-31(40)23-42-39)38(49)44-33-9-7-32(41)8-10-33;/h3-6,11,20-23,27,32-33H,7-10,12-19,24-26,41H2,1-2H3,(H,43,48)(H,44,49);1H. The van der Waals surface area contributed by atoms with E-state index >= 15 is 0 Å². The number of pyridine rings is 1. The molecule has 1 aliphatic carbocycles. The normalized spacial score (nSPS) is 20.2. The van der Waals surface area contributed by atoms with Crippen molar-refractivity contribution in [3.8, 4) is 22.8 Å². The smallest absolute Gasteiger partial charge is 0.257 e. The first kappa shape index (κ1) is 39.6. The molecule has 13 heteroatoms. The summed E-state index contributed by atoms with van der Waals surface area (Å²) in [6.45, 7) is 12.7. The Morgan fingerprint density at radius 2 is 1.65 bits per heavy atom. The molecule has 3 heterocycles. The molecule has 2 amide bonds. The lowest BCUT2D eigenvalue weighted by Crippen LogP contribution is -2.49. The van der Waals surface area contributed by atoms with Crippen LogP contribution in [0.1, 0.15) is 61.0 Å². The van der Waals surface area contributed by atoms with Crippen molar-refractivity contribution in [1.29, 1.82) is 0 Å². The van der Waals surface area contributed by atoms with Crippen LogP contribution in [0.15, 0.2) is 54.7 Å². The van der Waals surface area contributed by atoms with E-state index in [0.717, 1.165) is 95.4 Å². The Bertz CT molecular complexity index is 1640. The van der Waals surface area contributed by atoms with Crippen molar-refractivity contribution < 1.29 is 23.5 Å². The number of ether oxygens (including phenoxy) is 2. The van der Waals surface area contributed by atoms with E-state index in [1.807, 2.05) is 32.0 Å². The summed E-state index contributed by atoms with van der Waals surface area (Å²) in [6, 6.07) is 15.9. The van der Waals surface area contributed by atoms with Gasteiger partial charge in [-0.15, -0.1) is 12.4 Å². The lowest BCUT2D eigenvalue weighted by Gasteiger charge is -2.34. The van der Waals surface area contributed by atoms with E-state index in [2.05, 4.69) is 54.6 Å². The number of benzene rings is 2. The Balaban J connectivity index is 0.00000523. The summed E-state index contributed by atoms with van der Waals surface area (Å²) >= 11 is 0. The van der Waals surface area contributed by atoms with E-state index in [1.54, 1.807) is 0 Å². The number of hydrogen-bond acceptors (Lipinski definition) is 9. The summed E-state index contributed by atoms with van der Waals surface area (Å²) < 4.78 is 26.2. The average Bonchev–Trinajstić information content (AvgIpc) is 3.11. The lowest BCUT2D eigenvalue weighted by molar-refractivity contribution is -0.123. The van der Waals surface area contributed by atoms with Crippen LogP contribution < -0.4 is 21.1 Å². The maximum Gasteiger partial charge on any atom is 0.257 e. The van der Waals surface area contributed by atoms with Crippen molar-refractivity contribution in [1.82, 2.24) is 30.3 Å². The first-order valence-electron chi connectivity index (χ1n) is 18.3. The molecular formula is C39H53ClFN7O4. The van der Waals surface area contributed by atoms with Crippen molar-refractivity contribution in [2.75, 3.05) is 59.0 Å². The zero-order valence-electron chi connectivity index (χ0n) is 30.3. The fourth-order valence-corrected chi connectivity index (χ4v) is 7.13. The van der Waals surface area contributed by atoms with Crippen molar-refractivity contribution in [2.24, 2.45) is 5.73 Å². The summed E-state index contributed by atoms with van der Waals surface area (Å²) in [7, 11) is 0. The van der Waals surface area contributed by atoms with Gasteiger partial charge in [-0.3, -0.25) is 24.3 Å². The van der Waals surface area contributed by atoms with Crippen LogP contribution in [0.5, 0.6) is 11.6 Å². The van der Waals surface area contributed by atoms with Crippen LogP contribution >= 0.6 is 12.4 Å². The molecule has 1 saturated carbocycles. The Morgan fingerprint density at radius 1 is 0.942 bits per heavy atom. The maximum absolute atomic E-state index is 14.3. The van der Waals surface area contributed by atoms with Gasteiger partial charge >= 0.3 is 0 Å². The van der Waals surface area contributed by atoms with E-state index in [9.17, 15) is 14.0 Å². The highest BCUT2D eigenvalue weighted by Crippen LogP contribution is 2.32. The molecule has 0 bridgehead atoms. The summed E-state index contributed by atoms with van der Waals surface area (Å²) in [4.78, 5) is 36.8. The number of carbonyl (C=O) groups is 2. The van der Waals surface area contributed by atoms with Crippen LogP contribution in [-0.4, -0.2) is 109 Å². The average molecular weight is 738 g/mol. The van der Waals surface area contributed by atoms with Gasteiger partial charge in [0, 0.05) is 70.5 Å². The molecule has 6 rings (SSSR count). The fourth-order valence-electron chi connectivity index (χ4n) is 7.13. The molecule has 2 aliphatic heterocycles. The largest absolute Gasteiger partial charge is 0.438 e. The number of piperazine rings is 1. The molecule has 0 atom stereocenters. The molecule has 3 aliphatic rings. The molecule has 0 radical (unpaired) electrons. The highest BCUT2D eigenvalue weighted by atomic mass is 35.5. The van der Waals surface area contributed by atoms with Crippen LogP contribution in [0.3, 0.4) is 0 Å². The molecule has 282 valence electrons. The number of carbonyl (C=O) groups excluding carboxylic acids is 2. The number of nitrogens with one attached hydrogen (secondary N) is 2. The minimum absolute atomic E-state index is 0. The minimum Gasteiger partial charge on any atom is -0.438 e. The molecule has 11 nitrogen and oxygen atoms in total. The molecule has 1 aromatic heterocycles. The predicted octanol–water partition coefficient (Wildman–Crippen LogP) is 4.58. The molecule has 2 aromatic carbocycles. The van der Waals surface area contributed by atoms with E-state index < -0.39 is 11.7 Å². The van der Waals surface area contributed by atoms with Crippen molar-refractivity contribution >= 4 is 24.2 Å². The maximum atomic E-state index is 14.3. The molecule has 4 N–H and O–H groups in total. The summed E-state index contributed by atoms with van der Waals surface area (Å²) in [5, 5.41) is 6.01. The molecule has 0 unspecified atom stereocenters. The second kappa shape index (κ2) is 18.9. The highest BCUT2D eigenvalue weighted by Gasteiger charge is 2.24. The molecular weight excluding hydrogens is 685 g/mol. The quantitative estimate of drug-likeness (QED) is 0.245. The monoisotopic (exact) mass is 737 g/mol. The lowest BCUT2D eigenvalue weighted by atomic mass is 9.91. The van der Waals surface area contributed by atoms with E-state index in [1.165, 1.54) is 17.2 Å². The Kier molecular flexibility index (Phi) is 14.4. The van der Waals surface area contributed by atoms with Gasteiger partial charge in [0.1, 0.15) is 17.1 Å². The second-order valence-corrected chi connectivity index (χ2v) is 14.4. The third-order valence-electron chi connectivity index (χ3n) is 9.88. The third-order valence-corrected chi connectivity index (χ3v) is 9.88. The first-order valence-corrected chi connectivity index (χ1v) is 18.3. The van der Waals surface area contributed by atoms with Crippen LogP contribution in [0, 0.1) is 5.82 Å². The number of rotatable bonds is 12. The number of nitrogens with two attached hydrogens (primary N) is 1. The van der Waals surface area contributed by atoms with E-state index in [4.69, 9.17) is 15.2 Å². The molecule has 3 aromatic rings. The van der Waals surface area contributed by atoms with Crippen LogP contribution in [0.25, 0.3) is 11.1 Å². The first-order chi connectivity index (χ1) is 24.7. The Labute approximate surface area is 312 Å². The zero-order chi connectivity index (χ0) is 35.7. The van der Waals surface area contributed by atoms with Gasteiger partial charge in [-0.2, -0.15) is 0 Å². The minimum atomic E-state index is -0.601. The van der Waals surface area contributed by atoms with Gasteiger partial charge in [-0.05, 0) is 80.0 Å². The van der Waals surface area contributed by atoms with Crippen molar-refractivity contribution in [2.45, 2.75) is 70.7 Å². The summed E-state index contributed by atoms with van der Waals surface area (Å²) in [5.41, 5.74) is 10.6. The molecule has 52 heavy (non-hydrogen) atoms. The van der Waals surface area contributed by atoms with Gasteiger partial charge < -0.3 is 25.8 Å². The predicted molar refractivity (Wildman–Crippen MR) is 202 cm³/mol. The molecule has 0 spiro atoms. The third kappa shape index (κ3) is 11.2. The summed E-state index contributed by atoms with van der Waals surface area (Å²) in [5.74, 6) is -0.365. The number of amides is 2. The highest BCUT2D eigenvalue weighted by molar-refractivity contribution is 5.96. The van der Waals surface area contributed by atoms with Gasteiger partial charge in [0.05, 0.1) is 26.0 Å². The van der Waals surface area contributed by atoms with Crippen molar-refractivity contribution in [3.05, 3.63) is 77.2 Å². The summed E-state index contributed by atoms with van der Waals surface area (Å²) in [6.07, 6.45) is 4.32. The van der Waals surface area contributed by atoms with Crippen LogP contribution in [-0.2, 0) is 22.6 Å². The van der Waals surface area contributed by atoms with Gasteiger partial charge in [-0.1, -0.05) is 30.3 Å². The van der Waals surface area contributed by atoms with Gasteiger partial charge in [0.25, 0.3) is 5.91 Å². The fraction of sp³-hybridized carbons (Fsp3) is 0.513. The number of aromatic nitrogens is 1. The van der Waals surface area contributed by atoms with Crippen molar-refractivity contribution in [3.63, 3.8) is 0 Å². The number of hydrogen-bond donors (Lipinski definition) is 3. The van der Waals surface area contributed by atoms with E-state index in [0.29, 0.717) is 25.5 Å². The molecule has 3 fully saturated rings. The van der Waals surface area contributed by atoms with Gasteiger partial charge in [-0.25, -0.2) is 9.37 Å². The number of halogens is 2. The number of nitrogens with zero attached hydrogens (tertiary/aromatic N) is 4. The SMILES string of the molecule is CC(C)NC(=O)CN1CCN(Cc2ccc(-c3cccc(Oc4ncc(F)cc4C(=O)NC4CCC(N)CC4)c3)c(CN3CCOCC3)c2)CC1.Cl. The van der Waals surface area contributed by atoms with Gasteiger partial charge in [0.15, 0.2) is 0 Å². The van der Waals surface area contributed by atoms with Crippen LogP contribution in [0.2, 0.25) is 0 Å².